The normalized spacial score (nSPS) is 8.16. The molecular formula is C28F10. The maximum atomic E-state index is 13.4. The van der Waals surface area contributed by atoms with Gasteiger partial charge < -0.3 is 0 Å². The molecule has 182 valence electrons. The fourth-order valence-electron chi connectivity index (χ4n) is 1.99. The molecule has 0 radical (unpaired) electrons. The molecule has 2 aromatic carbocycles. The van der Waals surface area contributed by atoms with Crippen molar-refractivity contribution in [1.29, 1.82) is 0 Å². The summed E-state index contributed by atoms with van der Waals surface area (Å²) in [5.74, 6) is 11.2. The van der Waals surface area contributed by atoms with E-state index in [1.54, 1.807) is 11.8 Å². The highest BCUT2D eigenvalue weighted by molar-refractivity contribution is 5.48. The minimum Gasteiger partial charge on any atom is -0.202 e. The van der Waals surface area contributed by atoms with E-state index in [-0.39, 0.29) is 0 Å². The monoisotopic (exact) mass is 526 g/mol. The highest BCUT2D eigenvalue weighted by Crippen LogP contribution is 2.23. The van der Waals surface area contributed by atoms with Crippen LogP contribution in [0.25, 0.3) is 0 Å². The Balaban J connectivity index is 1.99. The quantitative estimate of drug-likeness (QED) is 0.205. The van der Waals surface area contributed by atoms with Gasteiger partial charge in [0.25, 0.3) is 0 Å². The minimum atomic E-state index is -2.32. The van der Waals surface area contributed by atoms with Gasteiger partial charge in [0, 0.05) is 0 Å². The maximum Gasteiger partial charge on any atom is 0.200 e. The van der Waals surface area contributed by atoms with Crippen molar-refractivity contribution in [3.8, 4) is 94.7 Å². The Morgan fingerprint density at radius 2 is 0.368 bits per heavy atom. The van der Waals surface area contributed by atoms with Crippen molar-refractivity contribution < 1.29 is 43.9 Å². The number of halogens is 10. The zero-order valence-electron chi connectivity index (χ0n) is 17.8. The molecule has 0 unspecified atom stereocenters. The molecule has 0 aliphatic rings. The number of hydrogen-bond donors (Lipinski definition) is 0. The van der Waals surface area contributed by atoms with E-state index in [1.165, 1.54) is 0 Å². The van der Waals surface area contributed by atoms with Gasteiger partial charge >= 0.3 is 0 Å². The van der Waals surface area contributed by atoms with Crippen molar-refractivity contribution in [1.82, 2.24) is 0 Å². The first-order valence-corrected chi connectivity index (χ1v) is 9.14. The summed E-state index contributed by atoms with van der Waals surface area (Å²) < 4.78 is 132. The van der Waals surface area contributed by atoms with Gasteiger partial charge in [-0.05, 0) is 94.7 Å². The molecule has 0 spiro atoms. The van der Waals surface area contributed by atoms with E-state index in [4.69, 9.17) is 0 Å². The Kier molecular flexibility index (Phi) is 9.99. The van der Waals surface area contributed by atoms with Crippen molar-refractivity contribution in [2.24, 2.45) is 0 Å². The fourth-order valence-corrected chi connectivity index (χ4v) is 1.99. The Bertz CT molecular complexity index is 1660. The molecule has 10 heteroatoms. The Morgan fingerprint density at radius 1 is 0.211 bits per heavy atom. The summed E-state index contributed by atoms with van der Waals surface area (Å²) in [6.45, 7) is 0. The largest absolute Gasteiger partial charge is 0.202 e. The van der Waals surface area contributed by atoms with Gasteiger partial charge in [-0.15, -0.1) is 0 Å². The van der Waals surface area contributed by atoms with Gasteiger partial charge in [-0.3, -0.25) is 0 Å². The molecule has 38 heavy (non-hydrogen) atoms. The van der Waals surface area contributed by atoms with Crippen LogP contribution >= 0.6 is 0 Å². The molecule has 0 aliphatic carbocycles. The third-order valence-electron chi connectivity index (χ3n) is 3.61. The predicted octanol–water partition coefficient (Wildman–Crippen LogP) is 4.50. The van der Waals surface area contributed by atoms with Crippen molar-refractivity contribution in [2.75, 3.05) is 0 Å². The van der Waals surface area contributed by atoms with Crippen LogP contribution in [0.3, 0.4) is 0 Å². The summed E-state index contributed by atoms with van der Waals surface area (Å²) >= 11 is 0. The summed E-state index contributed by atoms with van der Waals surface area (Å²) in [5, 5.41) is 0. The van der Waals surface area contributed by atoms with Gasteiger partial charge in [0.05, 0.1) is 0 Å². The predicted molar refractivity (Wildman–Crippen MR) is 113 cm³/mol. The third kappa shape index (κ3) is 6.88. The molecular weight excluding hydrogens is 526 g/mol. The summed E-state index contributed by atoms with van der Waals surface area (Å²) in [7, 11) is 0. The van der Waals surface area contributed by atoms with Crippen molar-refractivity contribution in [3.05, 3.63) is 69.3 Å². The average Bonchev–Trinajstić information content (AvgIpc) is 2.91. The van der Waals surface area contributed by atoms with Crippen LogP contribution in [0.4, 0.5) is 43.9 Å². The second-order valence-electron chi connectivity index (χ2n) is 5.89. The van der Waals surface area contributed by atoms with Gasteiger partial charge in [0.2, 0.25) is 11.6 Å². The van der Waals surface area contributed by atoms with E-state index < -0.39 is 69.3 Å². The van der Waals surface area contributed by atoms with Crippen molar-refractivity contribution >= 4 is 0 Å². The first-order valence-electron chi connectivity index (χ1n) is 9.14. The van der Waals surface area contributed by atoms with E-state index in [9.17, 15) is 43.9 Å². The smallest absolute Gasteiger partial charge is 0.200 e. The lowest BCUT2D eigenvalue weighted by Crippen LogP contribution is -2.04. The van der Waals surface area contributed by atoms with Crippen LogP contribution in [-0.4, -0.2) is 0 Å². The summed E-state index contributed by atoms with van der Waals surface area (Å²) in [6.07, 6.45) is 0. The SMILES string of the molecule is Fc1c(F)c(F)c(C#CC#CC#CC#CC#CC#CC#CC#Cc2c(F)c(F)c(F)c(F)c2F)c(F)c1F. The Hall–Kier alpha value is -5.78. The summed E-state index contributed by atoms with van der Waals surface area (Å²) in [4.78, 5) is 0. The van der Waals surface area contributed by atoms with Crippen LogP contribution < -0.4 is 0 Å². The van der Waals surface area contributed by atoms with Gasteiger partial charge in [-0.1, -0.05) is 0 Å². The molecule has 0 atom stereocenters. The average molecular weight is 526 g/mol. The number of rotatable bonds is 0. The van der Waals surface area contributed by atoms with Crippen LogP contribution in [0.2, 0.25) is 0 Å². The molecule has 0 bridgehead atoms. The van der Waals surface area contributed by atoms with Gasteiger partial charge in [-0.25, -0.2) is 43.9 Å². The number of benzene rings is 2. The lowest BCUT2D eigenvalue weighted by Gasteiger charge is -2.01. The molecule has 0 fully saturated rings. The highest BCUT2D eigenvalue weighted by atomic mass is 19.2. The summed E-state index contributed by atoms with van der Waals surface area (Å²) in [6, 6.07) is 0. The minimum absolute atomic E-state index is 1.35. The first kappa shape index (κ1) is 28.5. The standard InChI is InChI=1S/C28F10/c29-19-17(20(30)24(34)27(37)23(19)33)15-13-11-9-7-5-3-1-2-4-6-8-10-12-14-16-18-21(31)25(35)28(38)26(36)22(18)32. The second kappa shape index (κ2) is 13.3. The Labute approximate surface area is 208 Å². The van der Waals surface area contributed by atoms with Crippen LogP contribution in [0.1, 0.15) is 11.1 Å². The van der Waals surface area contributed by atoms with Gasteiger partial charge in [0.15, 0.2) is 46.5 Å². The molecule has 0 aliphatic heterocycles. The first-order chi connectivity index (χ1) is 18.1. The van der Waals surface area contributed by atoms with Crippen LogP contribution in [0, 0.1) is 153 Å². The Morgan fingerprint density at radius 3 is 0.579 bits per heavy atom. The van der Waals surface area contributed by atoms with Gasteiger partial charge in [0.1, 0.15) is 11.1 Å². The van der Waals surface area contributed by atoms with Crippen LogP contribution in [-0.2, 0) is 0 Å². The van der Waals surface area contributed by atoms with Crippen molar-refractivity contribution in [2.45, 2.75) is 0 Å². The lowest BCUT2D eigenvalue weighted by molar-refractivity contribution is 0.376. The van der Waals surface area contributed by atoms with E-state index in [0.717, 1.165) is 0 Å². The van der Waals surface area contributed by atoms with E-state index >= 15 is 0 Å². The molecule has 0 saturated carbocycles. The zero-order chi connectivity index (χ0) is 28.2. The molecule has 0 saturated heterocycles. The van der Waals surface area contributed by atoms with Gasteiger partial charge in [-0.2, -0.15) is 0 Å². The molecule has 2 aromatic rings. The molecule has 0 N–H and O–H groups in total. The van der Waals surface area contributed by atoms with E-state index in [0.29, 0.717) is 0 Å². The fraction of sp³-hybridized carbons (Fsp3) is 0. The third-order valence-corrected chi connectivity index (χ3v) is 3.61. The molecule has 0 heterocycles. The second-order valence-corrected chi connectivity index (χ2v) is 5.89. The molecule has 0 nitrogen and oxygen atoms in total. The van der Waals surface area contributed by atoms with Crippen molar-refractivity contribution in [3.63, 3.8) is 0 Å². The molecule has 0 amide bonds. The molecule has 2 rings (SSSR count). The zero-order valence-corrected chi connectivity index (χ0v) is 17.8. The van der Waals surface area contributed by atoms with E-state index in [1.807, 2.05) is 23.7 Å². The van der Waals surface area contributed by atoms with E-state index in [2.05, 4.69) is 59.2 Å². The molecule has 0 aromatic heterocycles. The maximum absolute atomic E-state index is 13.4. The van der Waals surface area contributed by atoms with Crippen LogP contribution in [0.5, 0.6) is 0 Å². The summed E-state index contributed by atoms with van der Waals surface area (Å²) in [5.41, 5.74) is -2.70. The topological polar surface area (TPSA) is 0 Å². The lowest BCUT2D eigenvalue weighted by atomic mass is 10.1. The number of hydrogen-bond acceptors (Lipinski definition) is 0. The van der Waals surface area contributed by atoms with Crippen LogP contribution in [0.15, 0.2) is 0 Å². The highest BCUT2D eigenvalue weighted by Gasteiger charge is 2.25.